The van der Waals surface area contributed by atoms with E-state index in [9.17, 15) is 4.79 Å². The molecule has 1 saturated heterocycles. The number of halogens is 1. The predicted molar refractivity (Wildman–Crippen MR) is 79.3 cm³/mol. The van der Waals surface area contributed by atoms with Crippen LogP contribution in [0.25, 0.3) is 0 Å². The Morgan fingerprint density at radius 2 is 2.10 bits per heavy atom. The molecule has 110 valence electrons. The van der Waals surface area contributed by atoms with Crippen LogP contribution in [0.2, 0.25) is 0 Å². The average molecular weight is 298 g/mol. The molecule has 0 saturated carbocycles. The van der Waals surface area contributed by atoms with Gasteiger partial charge in [-0.1, -0.05) is 0 Å². The third-order valence-electron chi connectivity index (χ3n) is 3.89. The Kier molecular flexibility index (Phi) is 4.55. The Morgan fingerprint density at radius 1 is 1.35 bits per heavy atom. The Hall–Kier alpha value is -1.26. The maximum Gasteiger partial charge on any atom is 0.170 e. The van der Waals surface area contributed by atoms with Crippen molar-refractivity contribution in [2.45, 2.75) is 31.8 Å². The minimum absolute atomic E-state index is 0. The molecule has 5 heteroatoms. The summed E-state index contributed by atoms with van der Waals surface area (Å²) in [6.45, 7) is 4.37. The smallest absolute Gasteiger partial charge is 0.170 e. The predicted octanol–water partition coefficient (Wildman–Crippen LogP) is 2.59. The highest BCUT2D eigenvalue weighted by Crippen LogP contribution is 2.39. The summed E-state index contributed by atoms with van der Waals surface area (Å²) in [5.74, 6) is 1.62. The van der Waals surface area contributed by atoms with Crippen molar-refractivity contribution >= 4 is 18.2 Å². The Balaban J connectivity index is 0.00000147. The maximum absolute atomic E-state index is 12.4. The van der Waals surface area contributed by atoms with Crippen LogP contribution in [0.3, 0.4) is 0 Å². The third-order valence-corrected chi connectivity index (χ3v) is 3.89. The van der Waals surface area contributed by atoms with E-state index in [0.29, 0.717) is 24.3 Å². The molecule has 0 atom stereocenters. The first-order valence-electron chi connectivity index (χ1n) is 6.92. The minimum Gasteiger partial charge on any atom is -0.494 e. The SMILES string of the molecule is CCOc1ccc2c(c1)C(=O)CC1(CCNCC1)O2.Cl. The average Bonchev–Trinajstić information content (AvgIpc) is 2.41. The highest BCUT2D eigenvalue weighted by atomic mass is 35.5. The maximum atomic E-state index is 12.4. The van der Waals surface area contributed by atoms with Gasteiger partial charge in [0.05, 0.1) is 18.6 Å². The molecule has 1 aromatic rings. The molecule has 1 N–H and O–H groups in total. The molecule has 4 nitrogen and oxygen atoms in total. The minimum atomic E-state index is -0.289. The van der Waals surface area contributed by atoms with E-state index in [-0.39, 0.29) is 23.8 Å². The molecule has 20 heavy (non-hydrogen) atoms. The van der Waals surface area contributed by atoms with Gasteiger partial charge in [-0.15, -0.1) is 12.4 Å². The first kappa shape index (κ1) is 15.1. The molecule has 2 heterocycles. The number of fused-ring (bicyclic) bond motifs is 1. The van der Waals surface area contributed by atoms with Crippen LogP contribution < -0.4 is 14.8 Å². The van der Waals surface area contributed by atoms with Gasteiger partial charge in [-0.2, -0.15) is 0 Å². The van der Waals surface area contributed by atoms with Crippen molar-refractivity contribution in [3.63, 3.8) is 0 Å². The van der Waals surface area contributed by atoms with E-state index in [1.165, 1.54) is 0 Å². The van der Waals surface area contributed by atoms with Crippen LogP contribution >= 0.6 is 12.4 Å². The second kappa shape index (κ2) is 6.02. The van der Waals surface area contributed by atoms with Gasteiger partial charge in [0.2, 0.25) is 0 Å². The van der Waals surface area contributed by atoms with Gasteiger partial charge in [0.25, 0.3) is 0 Å². The molecule has 1 spiro atoms. The van der Waals surface area contributed by atoms with Gasteiger partial charge >= 0.3 is 0 Å². The van der Waals surface area contributed by atoms with Crippen molar-refractivity contribution in [3.8, 4) is 11.5 Å². The van der Waals surface area contributed by atoms with Gasteiger partial charge in [0.15, 0.2) is 5.78 Å². The molecule has 0 unspecified atom stereocenters. The number of hydrogen-bond acceptors (Lipinski definition) is 4. The number of piperidine rings is 1. The second-order valence-corrected chi connectivity index (χ2v) is 5.23. The normalized spacial score (nSPS) is 19.8. The van der Waals surface area contributed by atoms with Gasteiger partial charge in [0.1, 0.15) is 17.1 Å². The Labute approximate surface area is 125 Å². The number of carbonyl (C=O) groups is 1. The summed E-state index contributed by atoms with van der Waals surface area (Å²) in [7, 11) is 0. The second-order valence-electron chi connectivity index (χ2n) is 5.23. The number of rotatable bonds is 2. The lowest BCUT2D eigenvalue weighted by Crippen LogP contribution is -2.49. The van der Waals surface area contributed by atoms with Gasteiger partial charge in [-0.3, -0.25) is 4.79 Å². The molecule has 0 aliphatic carbocycles. The topological polar surface area (TPSA) is 47.6 Å². The van der Waals surface area contributed by atoms with Crippen LogP contribution in [0.4, 0.5) is 0 Å². The largest absolute Gasteiger partial charge is 0.494 e. The van der Waals surface area contributed by atoms with Crippen LogP contribution in [0.15, 0.2) is 18.2 Å². The molecule has 0 bridgehead atoms. The van der Waals surface area contributed by atoms with Crippen molar-refractivity contribution in [2.75, 3.05) is 19.7 Å². The fraction of sp³-hybridized carbons (Fsp3) is 0.533. The quantitative estimate of drug-likeness (QED) is 0.911. The summed E-state index contributed by atoms with van der Waals surface area (Å²) in [5, 5.41) is 3.31. The standard InChI is InChI=1S/C15H19NO3.ClH/c1-2-18-11-3-4-14-12(9-11)13(17)10-15(19-14)5-7-16-8-6-15;/h3-4,9,16H,2,5-8,10H2,1H3;1H. The first-order chi connectivity index (χ1) is 9.22. The fourth-order valence-corrected chi connectivity index (χ4v) is 2.89. The number of benzene rings is 1. The van der Waals surface area contributed by atoms with E-state index in [1.807, 2.05) is 19.1 Å². The van der Waals surface area contributed by atoms with Gasteiger partial charge < -0.3 is 14.8 Å². The molecule has 2 aliphatic heterocycles. The van der Waals surface area contributed by atoms with Crippen molar-refractivity contribution in [1.29, 1.82) is 0 Å². The molecule has 2 aliphatic rings. The zero-order chi connectivity index (χ0) is 13.3. The van der Waals surface area contributed by atoms with Gasteiger partial charge in [-0.05, 0) is 38.2 Å². The van der Waals surface area contributed by atoms with Crippen LogP contribution in [0.1, 0.15) is 36.5 Å². The molecule has 3 rings (SSSR count). The molecular formula is C15H20ClNO3. The van der Waals surface area contributed by atoms with Crippen LogP contribution in [0.5, 0.6) is 11.5 Å². The zero-order valence-corrected chi connectivity index (χ0v) is 12.4. The third kappa shape index (κ3) is 2.76. The summed E-state index contributed by atoms with van der Waals surface area (Å²) in [6, 6.07) is 5.53. The Morgan fingerprint density at radius 3 is 2.80 bits per heavy atom. The van der Waals surface area contributed by atoms with Gasteiger partial charge in [-0.25, -0.2) is 0 Å². The highest BCUT2D eigenvalue weighted by molar-refractivity contribution is 6.00. The monoisotopic (exact) mass is 297 g/mol. The first-order valence-corrected chi connectivity index (χ1v) is 6.92. The van der Waals surface area contributed by atoms with Crippen LogP contribution in [-0.4, -0.2) is 31.1 Å². The van der Waals surface area contributed by atoms with E-state index < -0.39 is 0 Å². The van der Waals surface area contributed by atoms with Crippen LogP contribution in [0, 0.1) is 0 Å². The van der Waals surface area contributed by atoms with Crippen molar-refractivity contribution < 1.29 is 14.3 Å². The number of carbonyl (C=O) groups excluding carboxylic acids is 1. The lowest BCUT2D eigenvalue weighted by atomic mass is 9.83. The number of hydrogen-bond donors (Lipinski definition) is 1. The molecule has 0 radical (unpaired) electrons. The highest BCUT2D eigenvalue weighted by Gasteiger charge is 2.41. The van der Waals surface area contributed by atoms with Gasteiger partial charge in [0, 0.05) is 12.8 Å². The lowest BCUT2D eigenvalue weighted by Gasteiger charge is -2.40. The molecule has 0 amide bonds. The van der Waals surface area contributed by atoms with E-state index >= 15 is 0 Å². The molecule has 1 aromatic carbocycles. The number of nitrogens with one attached hydrogen (secondary N) is 1. The summed E-state index contributed by atoms with van der Waals surface area (Å²) < 4.78 is 11.6. The number of ether oxygens (including phenoxy) is 2. The van der Waals surface area contributed by atoms with E-state index in [2.05, 4.69) is 5.32 Å². The lowest BCUT2D eigenvalue weighted by molar-refractivity contribution is 0.0186. The zero-order valence-electron chi connectivity index (χ0n) is 11.6. The number of ketones is 1. The van der Waals surface area contributed by atoms with Crippen LogP contribution in [-0.2, 0) is 0 Å². The van der Waals surface area contributed by atoms with Crippen molar-refractivity contribution in [2.24, 2.45) is 0 Å². The molecule has 1 fully saturated rings. The van der Waals surface area contributed by atoms with E-state index in [4.69, 9.17) is 9.47 Å². The van der Waals surface area contributed by atoms with Crippen molar-refractivity contribution in [3.05, 3.63) is 23.8 Å². The van der Waals surface area contributed by atoms with E-state index in [1.54, 1.807) is 6.07 Å². The summed E-state index contributed by atoms with van der Waals surface area (Å²) in [6.07, 6.45) is 2.27. The Bertz CT molecular complexity index is 498. The summed E-state index contributed by atoms with van der Waals surface area (Å²) >= 11 is 0. The van der Waals surface area contributed by atoms with Crippen molar-refractivity contribution in [1.82, 2.24) is 5.32 Å². The summed E-state index contributed by atoms with van der Waals surface area (Å²) in [4.78, 5) is 12.4. The molecular weight excluding hydrogens is 278 g/mol. The van der Waals surface area contributed by atoms with E-state index in [0.717, 1.165) is 31.7 Å². The fourth-order valence-electron chi connectivity index (χ4n) is 2.89. The number of Topliss-reactive ketones (excluding diaryl/α,β-unsaturated/α-hetero) is 1. The molecule has 0 aromatic heterocycles. The summed E-state index contributed by atoms with van der Waals surface area (Å²) in [5.41, 5.74) is 0.373.